The van der Waals surface area contributed by atoms with Crippen molar-refractivity contribution < 1.29 is 35.4 Å². The van der Waals surface area contributed by atoms with Crippen LogP contribution in [0.1, 0.15) is 5.56 Å². The molecule has 12 heteroatoms. The maximum absolute atomic E-state index is 11.3. The van der Waals surface area contributed by atoms with E-state index in [1.807, 2.05) is 0 Å². The lowest BCUT2D eigenvalue weighted by molar-refractivity contribution is -0.223. The van der Waals surface area contributed by atoms with Gasteiger partial charge in [0.25, 0.3) is 5.91 Å². The van der Waals surface area contributed by atoms with Crippen LogP contribution in [0.5, 0.6) is 0 Å². The number of aliphatic hydroxyl groups excluding tert-OH is 6. The summed E-state index contributed by atoms with van der Waals surface area (Å²) in [6.07, 6.45) is -9.86. The van der Waals surface area contributed by atoms with Gasteiger partial charge < -0.3 is 42.1 Å². The zero-order chi connectivity index (χ0) is 20.9. The third kappa shape index (κ3) is 6.26. The number of aliphatic hydroxyl groups is 6. The maximum atomic E-state index is 11.3. The van der Waals surface area contributed by atoms with Gasteiger partial charge in [-0.05, 0) is 17.7 Å². The number of aliphatic imine (C=N–C) groups is 1. The van der Waals surface area contributed by atoms with Crippen molar-refractivity contribution in [2.45, 2.75) is 43.0 Å². The largest absolute Gasteiger partial charge is 0.387 e. The molecule has 2 rings (SSSR count). The van der Waals surface area contributed by atoms with Gasteiger partial charge in [-0.15, -0.1) is 0 Å². The first kappa shape index (κ1) is 23.5. The van der Waals surface area contributed by atoms with Crippen LogP contribution >= 0.6 is 23.2 Å². The van der Waals surface area contributed by atoms with Gasteiger partial charge in [0.2, 0.25) is 0 Å². The highest BCUT2D eigenvalue weighted by Crippen LogP contribution is 2.24. The van der Waals surface area contributed by atoms with E-state index in [1.165, 1.54) is 0 Å². The molecule has 1 saturated carbocycles. The minimum Gasteiger partial charge on any atom is -0.387 e. The molecule has 0 unspecified atom stereocenters. The third-order valence-electron chi connectivity index (χ3n) is 3.74. The molecule has 1 aromatic rings. The van der Waals surface area contributed by atoms with E-state index in [2.05, 4.69) is 4.99 Å². The van der Waals surface area contributed by atoms with Gasteiger partial charge in [-0.25, -0.2) is 0 Å². The van der Waals surface area contributed by atoms with Crippen molar-refractivity contribution in [3.63, 3.8) is 0 Å². The Hall–Kier alpha value is -1.50. The van der Waals surface area contributed by atoms with Gasteiger partial charge >= 0.3 is 0 Å². The van der Waals surface area contributed by atoms with Gasteiger partial charge in [0.1, 0.15) is 36.6 Å². The molecule has 152 valence electrons. The highest BCUT2D eigenvalue weighted by atomic mass is 35.5. The molecule has 1 fully saturated rings. The predicted molar refractivity (Wildman–Crippen MR) is 97.0 cm³/mol. The van der Waals surface area contributed by atoms with Crippen LogP contribution in [0.3, 0.4) is 0 Å². The number of amides is 1. The van der Waals surface area contributed by atoms with Crippen LogP contribution in [0.4, 0.5) is 0 Å². The number of benzene rings is 1. The summed E-state index contributed by atoms with van der Waals surface area (Å²) < 4.78 is 0. The van der Waals surface area contributed by atoms with E-state index < -0.39 is 42.5 Å². The lowest BCUT2D eigenvalue weighted by Gasteiger charge is -2.39. The summed E-state index contributed by atoms with van der Waals surface area (Å²) in [7, 11) is 0. The number of hydrogen-bond donors (Lipinski definition) is 8. The normalized spacial score (nSPS) is 30.1. The first-order valence-corrected chi connectivity index (χ1v) is 8.36. The van der Waals surface area contributed by atoms with Crippen LogP contribution in [0.25, 0.3) is 0 Å². The van der Waals surface area contributed by atoms with Crippen molar-refractivity contribution in [3.05, 3.63) is 33.8 Å². The Bertz CT molecular complexity index is 609. The van der Waals surface area contributed by atoms with Gasteiger partial charge in [-0.2, -0.15) is 4.99 Å². The van der Waals surface area contributed by atoms with Crippen molar-refractivity contribution in [3.8, 4) is 0 Å². The van der Waals surface area contributed by atoms with Crippen LogP contribution < -0.4 is 11.5 Å². The lowest BCUT2D eigenvalue weighted by atomic mass is 9.85. The molecule has 0 heterocycles. The standard InChI is InChI=1S/C9H9Cl2N3O.C6H12O6/c10-6-2-1-3-7(11)5(6)4-8(15)14-9(12)13;7-1-2(8)4(10)6(12)5(11)3(1)9/h1-3H,4H2,(H4,12,13,14,15);1-12H. The molecule has 1 aliphatic carbocycles. The predicted octanol–water partition coefficient (Wildman–Crippen LogP) is -2.50. The van der Waals surface area contributed by atoms with Gasteiger partial charge in [0.05, 0.1) is 6.42 Å². The van der Waals surface area contributed by atoms with Crippen molar-refractivity contribution >= 4 is 35.1 Å². The molecule has 0 bridgehead atoms. The summed E-state index contributed by atoms with van der Waals surface area (Å²) >= 11 is 11.7. The SMILES string of the molecule is NC(N)=NC(=O)Cc1c(Cl)cccc1Cl.OC1C(O)C(O)C(O)C(O)C1O. The molecule has 0 atom stereocenters. The van der Waals surface area contributed by atoms with Crippen molar-refractivity contribution in [2.24, 2.45) is 16.5 Å². The van der Waals surface area contributed by atoms with E-state index in [0.717, 1.165) is 0 Å². The molecule has 0 aliphatic heterocycles. The summed E-state index contributed by atoms with van der Waals surface area (Å²) in [4.78, 5) is 14.6. The average molecular weight is 426 g/mol. The van der Waals surface area contributed by atoms with Crippen molar-refractivity contribution in [2.75, 3.05) is 0 Å². The Labute approximate surface area is 164 Å². The number of hydrogen-bond acceptors (Lipinski definition) is 7. The molecule has 0 aromatic heterocycles. The molecule has 10 N–H and O–H groups in total. The van der Waals surface area contributed by atoms with Gasteiger partial charge in [-0.3, -0.25) is 4.79 Å². The third-order valence-corrected chi connectivity index (χ3v) is 4.45. The molecular weight excluding hydrogens is 405 g/mol. The Kier molecular flexibility index (Phi) is 8.85. The number of carbonyl (C=O) groups excluding carboxylic acids is 1. The first-order chi connectivity index (χ1) is 12.5. The summed E-state index contributed by atoms with van der Waals surface area (Å²) in [5.74, 6) is -0.756. The van der Waals surface area contributed by atoms with Gasteiger partial charge in [0, 0.05) is 10.0 Å². The topological polar surface area (TPSA) is 203 Å². The second kappa shape index (κ2) is 10.2. The fraction of sp³-hybridized carbons (Fsp3) is 0.467. The molecule has 27 heavy (non-hydrogen) atoms. The molecule has 0 spiro atoms. The number of nitrogens with zero attached hydrogens (tertiary/aromatic N) is 1. The van der Waals surface area contributed by atoms with Crippen molar-refractivity contribution in [1.29, 1.82) is 0 Å². The first-order valence-electron chi connectivity index (χ1n) is 7.61. The second-order valence-corrected chi connectivity index (χ2v) is 6.57. The molecule has 0 saturated heterocycles. The average Bonchev–Trinajstić information content (AvgIpc) is 2.60. The molecule has 1 aromatic carbocycles. The van der Waals surface area contributed by atoms with E-state index in [4.69, 9.17) is 65.3 Å². The Morgan fingerprint density at radius 3 is 1.48 bits per heavy atom. The van der Waals surface area contributed by atoms with Crippen molar-refractivity contribution in [1.82, 2.24) is 0 Å². The summed E-state index contributed by atoms with van der Waals surface area (Å²) in [5, 5.41) is 54.7. The zero-order valence-corrected chi connectivity index (χ0v) is 15.4. The molecular formula is C15H21Cl2N3O7. The number of halogens is 2. The minimum atomic E-state index is -1.64. The summed E-state index contributed by atoms with van der Waals surface area (Å²) in [6, 6.07) is 4.98. The van der Waals surface area contributed by atoms with E-state index in [9.17, 15) is 4.79 Å². The Balaban J connectivity index is 0.000000277. The van der Waals surface area contributed by atoms with Crippen LogP contribution in [0.15, 0.2) is 23.2 Å². The second-order valence-electron chi connectivity index (χ2n) is 5.75. The van der Waals surface area contributed by atoms with E-state index in [1.54, 1.807) is 18.2 Å². The number of rotatable bonds is 2. The fourth-order valence-electron chi connectivity index (χ4n) is 2.25. The highest BCUT2D eigenvalue weighted by Gasteiger charge is 2.47. The quantitative estimate of drug-likeness (QED) is 0.186. The minimum absolute atomic E-state index is 0.0175. The molecule has 0 radical (unpaired) electrons. The zero-order valence-electron chi connectivity index (χ0n) is 13.9. The van der Waals surface area contributed by atoms with Gasteiger partial charge in [0.15, 0.2) is 5.96 Å². The monoisotopic (exact) mass is 425 g/mol. The fourth-order valence-corrected chi connectivity index (χ4v) is 2.78. The van der Waals surface area contributed by atoms with Crippen LogP contribution in [-0.4, -0.2) is 79.1 Å². The van der Waals surface area contributed by atoms with Crippen LogP contribution in [0, 0.1) is 0 Å². The maximum Gasteiger partial charge on any atom is 0.253 e. The molecule has 1 aliphatic rings. The van der Waals surface area contributed by atoms with E-state index in [-0.39, 0.29) is 12.4 Å². The van der Waals surface area contributed by atoms with Crippen LogP contribution in [-0.2, 0) is 11.2 Å². The molecule has 10 nitrogen and oxygen atoms in total. The number of nitrogens with two attached hydrogens (primary N) is 2. The van der Waals surface area contributed by atoms with Crippen LogP contribution in [0.2, 0.25) is 10.0 Å². The van der Waals surface area contributed by atoms with Gasteiger partial charge in [-0.1, -0.05) is 29.3 Å². The smallest absolute Gasteiger partial charge is 0.253 e. The Morgan fingerprint density at radius 2 is 1.19 bits per heavy atom. The lowest BCUT2D eigenvalue weighted by Crippen LogP contribution is -2.63. The molecule has 1 amide bonds. The number of carbonyl (C=O) groups is 1. The summed E-state index contributed by atoms with van der Waals surface area (Å²) in [6.45, 7) is 0. The summed E-state index contributed by atoms with van der Waals surface area (Å²) in [5.41, 5.74) is 10.7. The highest BCUT2D eigenvalue weighted by molar-refractivity contribution is 6.36. The van der Waals surface area contributed by atoms with E-state index >= 15 is 0 Å². The Morgan fingerprint density at radius 1 is 0.852 bits per heavy atom. The number of guanidine groups is 1. The van der Waals surface area contributed by atoms with E-state index in [0.29, 0.717) is 15.6 Å².